The second kappa shape index (κ2) is 9.97. The number of benzene rings is 1. The molecule has 33 heavy (non-hydrogen) atoms. The molecule has 0 saturated heterocycles. The van der Waals surface area contributed by atoms with E-state index in [1.165, 1.54) is 18.2 Å². The van der Waals surface area contributed by atoms with Gasteiger partial charge in [-0.25, -0.2) is 4.39 Å². The van der Waals surface area contributed by atoms with Gasteiger partial charge in [-0.1, -0.05) is 0 Å². The number of aliphatic hydroxyl groups is 2. The molecule has 0 saturated carbocycles. The predicted octanol–water partition coefficient (Wildman–Crippen LogP) is 1.37. The fourth-order valence-corrected chi connectivity index (χ4v) is 3.90. The third-order valence-corrected chi connectivity index (χ3v) is 5.50. The van der Waals surface area contributed by atoms with Gasteiger partial charge in [0.15, 0.2) is 0 Å². The van der Waals surface area contributed by atoms with Gasteiger partial charge >= 0.3 is 0 Å². The quantitative estimate of drug-likeness (QED) is 0.313. The van der Waals surface area contributed by atoms with E-state index in [0.29, 0.717) is 39.3 Å². The number of aliphatic hydroxyl groups excluding tert-OH is 2. The summed E-state index contributed by atoms with van der Waals surface area (Å²) in [5.41, 5.74) is 8.43. The summed E-state index contributed by atoms with van der Waals surface area (Å²) in [6.45, 7) is 3.61. The number of carbonyl (C=O) groups is 3. The Balaban J connectivity index is 1.68. The number of rotatable bonds is 9. The van der Waals surface area contributed by atoms with Gasteiger partial charge in [0, 0.05) is 29.2 Å². The Labute approximate surface area is 189 Å². The van der Waals surface area contributed by atoms with Gasteiger partial charge < -0.3 is 31.6 Å². The zero-order chi connectivity index (χ0) is 24.3. The number of nitrogens with two attached hydrogens (primary N) is 1. The summed E-state index contributed by atoms with van der Waals surface area (Å²) in [5, 5.41) is 25.0. The molecule has 3 rings (SSSR count). The molecule has 0 bridgehead atoms. The summed E-state index contributed by atoms with van der Waals surface area (Å²) in [7, 11) is 0. The molecule has 0 fully saturated rings. The number of nitrogens with one attached hydrogen (secondary N) is 3. The van der Waals surface area contributed by atoms with E-state index in [2.05, 4.69) is 15.6 Å². The molecule has 0 aliphatic carbocycles. The second-order valence-corrected chi connectivity index (χ2v) is 8.12. The molecule has 3 amide bonds. The first-order chi connectivity index (χ1) is 15.6. The van der Waals surface area contributed by atoms with Crippen LogP contribution in [0.25, 0.3) is 11.6 Å². The van der Waals surface area contributed by atoms with Crippen LogP contribution in [0.4, 0.5) is 10.1 Å². The summed E-state index contributed by atoms with van der Waals surface area (Å²) in [6, 6.07) is 4.05. The Hall–Kier alpha value is -3.50. The van der Waals surface area contributed by atoms with Crippen LogP contribution in [0.5, 0.6) is 0 Å². The standard InChI is InChI=1S/C23H27FN4O5/c1-11-19(10-17-16-7-13(24)3-4-18(16)28-22(17)32)27-12(2)21(11)23(33)26-6-5-14(29)8-15(30)9-20(25)31/h3-4,7,10,14-15,27,29-30H,5-6,8-9H2,1-2H3,(H2,25,31)(H,26,33)(H,28,32)/b17-10-. The molecule has 0 spiro atoms. The van der Waals surface area contributed by atoms with Crippen LogP contribution in [0, 0.1) is 19.7 Å². The largest absolute Gasteiger partial charge is 0.393 e. The molecule has 7 N–H and O–H groups in total. The predicted molar refractivity (Wildman–Crippen MR) is 121 cm³/mol. The number of carbonyl (C=O) groups excluding carboxylic acids is 3. The molecule has 176 valence electrons. The zero-order valence-corrected chi connectivity index (χ0v) is 18.4. The highest BCUT2D eigenvalue weighted by Crippen LogP contribution is 2.34. The fraction of sp³-hybridized carbons (Fsp3) is 0.348. The van der Waals surface area contributed by atoms with E-state index in [4.69, 9.17) is 5.73 Å². The number of hydrogen-bond acceptors (Lipinski definition) is 5. The fourth-order valence-electron chi connectivity index (χ4n) is 3.90. The lowest BCUT2D eigenvalue weighted by Gasteiger charge is -2.15. The van der Waals surface area contributed by atoms with Crippen LogP contribution in [-0.2, 0) is 9.59 Å². The number of H-pyrrole nitrogens is 1. The number of halogens is 1. The highest BCUT2D eigenvalue weighted by molar-refractivity contribution is 6.34. The van der Waals surface area contributed by atoms with Crippen molar-refractivity contribution >= 4 is 35.1 Å². The average molecular weight is 458 g/mol. The van der Waals surface area contributed by atoms with Crippen molar-refractivity contribution in [2.75, 3.05) is 11.9 Å². The first kappa shape index (κ1) is 24.1. The Morgan fingerprint density at radius 3 is 2.67 bits per heavy atom. The van der Waals surface area contributed by atoms with Crippen LogP contribution in [0.1, 0.15) is 52.1 Å². The van der Waals surface area contributed by atoms with Gasteiger partial charge in [0.2, 0.25) is 5.91 Å². The Bertz CT molecular complexity index is 1120. The smallest absolute Gasteiger partial charge is 0.256 e. The van der Waals surface area contributed by atoms with E-state index in [1.807, 2.05) is 0 Å². The van der Waals surface area contributed by atoms with E-state index in [0.717, 1.165) is 0 Å². The molecule has 2 atom stereocenters. The zero-order valence-electron chi connectivity index (χ0n) is 18.4. The molecule has 10 heteroatoms. The van der Waals surface area contributed by atoms with Gasteiger partial charge in [-0.2, -0.15) is 0 Å². The van der Waals surface area contributed by atoms with Crippen molar-refractivity contribution in [3.63, 3.8) is 0 Å². The van der Waals surface area contributed by atoms with Gasteiger partial charge in [0.1, 0.15) is 5.82 Å². The lowest BCUT2D eigenvalue weighted by molar-refractivity contribution is -0.120. The molecular formula is C23H27FN4O5. The SMILES string of the molecule is Cc1[nH]c(/C=C2\C(=O)Nc3ccc(F)cc32)c(C)c1C(=O)NCCC(O)CC(O)CC(N)=O. The molecule has 0 radical (unpaired) electrons. The molecule has 1 aromatic heterocycles. The van der Waals surface area contributed by atoms with E-state index in [9.17, 15) is 29.0 Å². The molecule has 9 nitrogen and oxygen atoms in total. The van der Waals surface area contributed by atoms with Crippen LogP contribution in [-0.4, -0.2) is 51.7 Å². The Morgan fingerprint density at radius 1 is 1.24 bits per heavy atom. The van der Waals surface area contributed by atoms with Crippen LogP contribution in [0.3, 0.4) is 0 Å². The van der Waals surface area contributed by atoms with E-state index in [1.54, 1.807) is 19.9 Å². The maximum atomic E-state index is 13.7. The van der Waals surface area contributed by atoms with Gasteiger partial charge in [-0.15, -0.1) is 0 Å². The van der Waals surface area contributed by atoms with E-state index in [-0.39, 0.29) is 37.6 Å². The molecule has 2 aromatic rings. The number of fused-ring (bicyclic) bond motifs is 1. The van der Waals surface area contributed by atoms with Gasteiger partial charge in [0.05, 0.1) is 29.8 Å². The lowest BCUT2D eigenvalue weighted by atomic mass is 10.0. The summed E-state index contributed by atoms with van der Waals surface area (Å²) >= 11 is 0. The monoisotopic (exact) mass is 458 g/mol. The first-order valence-corrected chi connectivity index (χ1v) is 10.5. The van der Waals surface area contributed by atoms with Crippen LogP contribution >= 0.6 is 0 Å². The van der Waals surface area contributed by atoms with Gasteiger partial charge in [-0.05, 0) is 56.5 Å². The maximum Gasteiger partial charge on any atom is 0.256 e. The number of aryl methyl sites for hydroxylation is 1. The van der Waals surface area contributed by atoms with Gasteiger partial charge in [-0.3, -0.25) is 14.4 Å². The number of aromatic nitrogens is 1. The molecule has 2 unspecified atom stereocenters. The topological polar surface area (TPSA) is 158 Å². The summed E-state index contributed by atoms with van der Waals surface area (Å²) in [4.78, 5) is 39.0. The molecular weight excluding hydrogens is 431 g/mol. The van der Waals surface area contributed by atoms with Crippen molar-refractivity contribution in [3.05, 3.63) is 52.1 Å². The first-order valence-electron chi connectivity index (χ1n) is 10.5. The van der Waals surface area contributed by atoms with Crippen molar-refractivity contribution in [1.29, 1.82) is 0 Å². The van der Waals surface area contributed by atoms with Crippen molar-refractivity contribution in [3.8, 4) is 0 Å². The van der Waals surface area contributed by atoms with E-state index >= 15 is 0 Å². The van der Waals surface area contributed by atoms with Gasteiger partial charge in [0.25, 0.3) is 11.8 Å². The third kappa shape index (κ3) is 5.65. The third-order valence-electron chi connectivity index (χ3n) is 5.50. The van der Waals surface area contributed by atoms with Crippen LogP contribution < -0.4 is 16.4 Å². The Morgan fingerprint density at radius 2 is 1.97 bits per heavy atom. The Kier molecular flexibility index (Phi) is 7.29. The number of hydrogen-bond donors (Lipinski definition) is 6. The van der Waals surface area contributed by atoms with Crippen LogP contribution in [0.15, 0.2) is 18.2 Å². The summed E-state index contributed by atoms with van der Waals surface area (Å²) < 4.78 is 13.7. The number of aromatic amines is 1. The second-order valence-electron chi connectivity index (χ2n) is 8.12. The minimum atomic E-state index is -1.04. The number of amides is 3. The number of primary amides is 1. The minimum absolute atomic E-state index is 0.0249. The summed E-state index contributed by atoms with van der Waals surface area (Å²) in [6.07, 6.45) is -0.437. The van der Waals surface area contributed by atoms with Crippen molar-refractivity contribution in [1.82, 2.24) is 10.3 Å². The van der Waals surface area contributed by atoms with Crippen LogP contribution in [0.2, 0.25) is 0 Å². The molecule has 1 aliphatic heterocycles. The normalized spacial score (nSPS) is 15.8. The molecule has 1 aliphatic rings. The highest BCUT2D eigenvalue weighted by atomic mass is 19.1. The van der Waals surface area contributed by atoms with Crippen molar-refractivity contribution in [2.45, 2.75) is 45.3 Å². The summed E-state index contributed by atoms with van der Waals surface area (Å²) in [5.74, 6) is -1.84. The lowest BCUT2D eigenvalue weighted by Crippen LogP contribution is -2.30. The molecule has 2 heterocycles. The maximum absolute atomic E-state index is 13.7. The van der Waals surface area contributed by atoms with Crippen molar-refractivity contribution < 1.29 is 29.0 Å². The minimum Gasteiger partial charge on any atom is -0.393 e. The molecule has 1 aromatic carbocycles. The number of anilines is 1. The highest BCUT2D eigenvalue weighted by Gasteiger charge is 2.26. The van der Waals surface area contributed by atoms with Crippen molar-refractivity contribution in [2.24, 2.45) is 5.73 Å². The average Bonchev–Trinajstić information content (AvgIpc) is 3.16. The van der Waals surface area contributed by atoms with E-state index < -0.39 is 23.9 Å².